The second-order valence-electron chi connectivity index (χ2n) is 8.84. The molecule has 0 spiro atoms. The second kappa shape index (κ2) is 10.5. The minimum Gasteiger partial charge on any atom is -0.497 e. The van der Waals surface area contributed by atoms with Crippen LogP contribution in [-0.2, 0) is 24.1 Å². The molecule has 3 aromatic rings. The van der Waals surface area contributed by atoms with Crippen molar-refractivity contribution in [3.8, 4) is 11.5 Å². The number of benzene rings is 2. The Morgan fingerprint density at radius 2 is 1.89 bits per heavy atom. The summed E-state index contributed by atoms with van der Waals surface area (Å²) in [5.74, 6) is 2.19. The summed E-state index contributed by atoms with van der Waals surface area (Å²) in [5, 5.41) is 0. The van der Waals surface area contributed by atoms with Gasteiger partial charge >= 0.3 is 0 Å². The molecule has 0 N–H and O–H groups in total. The Kier molecular flexibility index (Phi) is 6.99. The normalized spacial score (nSPS) is 15.4. The molecule has 2 aliphatic rings. The van der Waals surface area contributed by atoms with E-state index in [1.54, 1.807) is 38.5 Å². The van der Waals surface area contributed by atoms with Gasteiger partial charge in [-0.25, -0.2) is 14.4 Å². The first-order valence-electron chi connectivity index (χ1n) is 12.0. The van der Waals surface area contributed by atoms with Gasteiger partial charge in [0.1, 0.15) is 29.0 Å². The second-order valence-corrected chi connectivity index (χ2v) is 8.84. The van der Waals surface area contributed by atoms with Crippen molar-refractivity contribution in [1.29, 1.82) is 0 Å². The molecule has 8 nitrogen and oxygen atoms in total. The van der Waals surface area contributed by atoms with E-state index >= 15 is 0 Å². The summed E-state index contributed by atoms with van der Waals surface area (Å²) in [6, 6.07) is 11.7. The fourth-order valence-electron chi connectivity index (χ4n) is 4.71. The summed E-state index contributed by atoms with van der Waals surface area (Å²) in [6.07, 6.45) is 1.05. The molecule has 1 saturated heterocycles. The van der Waals surface area contributed by atoms with Crippen LogP contribution < -0.4 is 14.4 Å². The fraction of sp³-hybridized carbons (Fsp3) is 0.370. The smallest absolute Gasteiger partial charge is 0.257 e. The Morgan fingerprint density at radius 1 is 1.06 bits per heavy atom. The van der Waals surface area contributed by atoms with Gasteiger partial charge < -0.3 is 24.0 Å². The Labute approximate surface area is 209 Å². The standard InChI is InChI=1S/C27H29FN4O4/c1-34-20-6-7-21(24(16-20)35-2)27(33)32-9-8-23-22(17-32)26(31-10-12-36-13-11-31)30-25(29-23)15-18-4-3-5-19(28)14-18/h3-7,14,16H,8-13,15,17H2,1-2H3. The number of methoxy groups -OCH3 is 2. The van der Waals surface area contributed by atoms with Crippen molar-refractivity contribution in [3.05, 3.63) is 76.5 Å². The van der Waals surface area contributed by atoms with Crippen molar-refractivity contribution in [3.63, 3.8) is 0 Å². The molecular formula is C27H29FN4O4. The summed E-state index contributed by atoms with van der Waals surface area (Å²) in [6.45, 7) is 3.58. The highest BCUT2D eigenvalue weighted by molar-refractivity contribution is 5.97. The van der Waals surface area contributed by atoms with Gasteiger partial charge in [0.2, 0.25) is 0 Å². The average Bonchev–Trinajstić information content (AvgIpc) is 2.92. The number of hydrogen-bond donors (Lipinski definition) is 0. The minimum atomic E-state index is -0.276. The van der Waals surface area contributed by atoms with Crippen LogP contribution in [0.15, 0.2) is 42.5 Å². The van der Waals surface area contributed by atoms with Crippen molar-refractivity contribution >= 4 is 11.7 Å². The van der Waals surface area contributed by atoms with E-state index in [0.29, 0.717) is 75.1 Å². The molecule has 0 radical (unpaired) electrons. The topological polar surface area (TPSA) is 77.0 Å². The van der Waals surface area contributed by atoms with Crippen LogP contribution >= 0.6 is 0 Å². The summed E-state index contributed by atoms with van der Waals surface area (Å²) in [4.78, 5) is 27.3. The lowest BCUT2D eigenvalue weighted by Crippen LogP contribution is -2.41. The van der Waals surface area contributed by atoms with E-state index in [0.717, 1.165) is 22.6 Å². The number of hydrogen-bond acceptors (Lipinski definition) is 7. The maximum Gasteiger partial charge on any atom is 0.257 e. The van der Waals surface area contributed by atoms with Crippen LogP contribution in [-0.4, -0.2) is 67.8 Å². The van der Waals surface area contributed by atoms with E-state index < -0.39 is 0 Å². The van der Waals surface area contributed by atoms with Crippen LogP contribution in [0.1, 0.15) is 33.0 Å². The fourth-order valence-corrected chi connectivity index (χ4v) is 4.71. The van der Waals surface area contributed by atoms with Crippen molar-refractivity contribution in [2.45, 2.75) is 19.4 Å². The molecular weight excluding hydrogens is 463 g/mol. The molecule has 0 atom stereocenters. The highest BCUT2D eigenvalue weighted by atomic mass is 19.1. The molecule has 0 saturated carbocycles. The Balaban J connectivity index is 1.47. The van der Waals surface area contributed by atoms with E-state index in [4.69, 9.17) is 24.2 Å². The van der Waals surface area contributed by atoms with E-state index in [2.05, 4.69) is 4.90 Å². The monoisotopic (exact) mass is 492 g/mol. The number of anilines is 1. The molecule has 0 bridgehead atoms. The number of rotatable bonds is 6. The van der Waals surface area contributed by atoms with Gasteiger partial charge in [0.25, 0.3) is 5.91 Å². The van der Waals surface area contributed by atoms with E-state index in [1.165, 1.54) is 12.1 Å². The lowest BCUT2D eigenvalue weighted by molar-refractivity contribution is 0.0729. The Morgan fingerprint density at radius 3 is 2.64 bits per heavy atom. The molecule has 3 heterocycles. The van der Waals surface area contributed by atoms with Crippen LogP contribution in [0.5, 0.6) is 11.5 Å². The zero-order valence-electron chi connectivity index (χ0n) is 20.5. The van der Waals surface area contributed by atoms with E-state index in [-0.39, 0.29) is 11.7 Å². The zero-order valence-corrected chi connectivity index (χ0v) is 20.5. The number of morpholine rings is 1. The van der Waals surface area contributed by atoms with Crippen molar-refractivity contribution in [2.24, 2.45) is 0 Å². The number of ether oxygens (including phenoxy) is 3. The van der Waals surface area contributed by atoms with E-state index in [1.807, 2.05) is 11.0 Å². The minimum absolute atomic E-state index is 0.114. The largest absolute Gasteiger partial charge is 0.497 e. The first-order chi connectivity index (χ1) is 17.6. The summed E-state index contributed by atoms with van der Waals surface area (Å²) in [7, 11) is 3.12. The number of amides is 1. The van der Waals surface area contributed by atoms with Gasteiger partial charge in [-0.2, -0.15) is 0 Å². The van der Waals surface area contributed by atoms with Crippen LogP contribution in [0.25, 0.3) is 0 Å². The third-order valence-electron chi connectivity index (χ3n) is 6.57. The van der Waals surface area contributed by atoms with Gasteiger partial charge in [0.15, 0.2) is 0 Å². The first kappa shape index (κ1) is 24.0. The molecule has 1 fully saturated rings. The SMILES string of the molecule is COc1ccc(C(=O)N2CCc3nc(Cc4cccc(F)c4)nc(N4CCOCC4)c3C2)c(OC)c1. The number of carbonyl (C=O) groups excluding carboxylic acids is 1. The van der Waals surface area contributed by atoms with Crippen LogP contribution in [0.3, 0.4) is 0 Å². The Bertz CT molecular complexity index is 1260. The van der Waals surface area contributed by atoms with Crippen LogP contribution in [0.2, 0.25) is 0 Å². The highest BCUT2D eigenvalue weighted by Crippen LogP contribution is 2.31. The molecule has 2 aromatic carbocycles. The summed E-state index contributed by atoms with van der Waals surface area (Å²) < 4.78 is 30.0. The lowest BCUT2D eigenvalue weighted by atomic mass is 10.0. The van der Waals surface area contributed by atoms with Gasteiger partial charge in [-0.3, -0.25) is 4.79 Å². The van der Waals surface area contributed by atoms with Crippen LogP contribution in [0.4, 0.5) is 10.2 Å². The summed E-state index contributed by atoms with van der Waals surface area (Å²) >= 11 is 0. The molecule has 36 heavy (non-hydrogen) atoms. The van der Waals surface area contributed by atoms with E-state index in [9.17, 15) is 9.18 Å². The number of carbonyl (C=O) groups is 1. The van der Waals surface area contributed by atoms with Gasteiger partial charge in [0, 0.05) is 44.1 Å². The maximum atomic E-state index is 13.8. The molecule has 1 aromatic heterocycles. The quantitative estimate of drug-likeness (QED) is 0.523. The lowest BCUT2D eigenvalue weighted by Gasteiger charge is -2.34. The van der Waals surface area contributed by atoms with Crippen LogP contribution in [0, 0.1) is 5.82 Å². The summed E-state index contributed by atoms with van der Waals surface area (Å²) in [5.41, 5.74) is 3.19. The molecule has 9 heteroatoms. The van der Waals surface area contributed by atoms with Crippen molar-refractivity contribution in [2.75, 3.05) is 52.0 Å². The predicted octanol–water partition coefficient (Wildman–Crippen LogP) is 3.26. The van der Waals surface area contributed by atoms with Gasteiger partial charge in [0.05, 0.1) is 45.2 Å². The Hall–Kier alpha value is -3.72. The third kappa shape index (κ3) is 4.97. The van der Waals surface area contributed by atoms with Crippen molar-refractivity contribution < 1.29 is 23.4 Å². The number of aromatic nitrogens is 2. The van der Waals surface area contributed by atoms with Gasteiger partial charge in [-0.15, -0.1) is 0 Å². The van der Waals surface area contributed by atoms with Crippen molar-refractivity contribution in [1.82, 2.24) is 14.9 Å². The molecule has 0 aliphatic carbocycles. The van der Waals surface area contributed by atoms with Gasteiger partial charge in [-0.05, 0) is 29.8 Å². The first-order valence-corrected chi connectivity index (χ1v) is 12.0. The zero-order chi connectivity index (χ0) is 25.1. The predicted molar refractivity (Wildman–Crippen MR) is 132 cm³/mol. The number of nitrogens with zero attached hydrogens (tertiary/aromatic N) is 4. The molecule has 2 aliphatic heterocycles. The average molecular weight is 493 g/mol. The molecule has 0 unspecified atom stereocenters. The molecule has 5 rings (SSSR count). The maximum absolute atomic E-state index is 13.8. The highest BCUT2D eigenvalue weighted by Gasteiger charge is 2.30. The number of halogens is 1. The van der Waals surface area contributed by atoms with Gasteiger partial charge in [-0.1, -0.05) is 12.1 Å². The molecule has 188 valence electrons. The third-order valence-corrected chi connectivity index (χ3v) is 6.57. The number of fused-ring (bicyclic) bond motifs is 1. The molecule has 1 amide bonds.